The van der Waals surface area contributed by atoms with Gasteiger partial charge in [0.2, 0.25) is 0 Å². The van der Waals surface area contributed by atoms with Gasteiger partial charge < -0.3 is 11.1 Å². The van der Waals surface area contributed by atoms with E-state index < -0.39 is 21.9 Å². The highest BCUT2D eigenvalue weighted by molar-refractivity contribution is 7.89. The van der Waals surface area contributed by atoms with Crippen LogP contribution in [0.25, 0.3) is 22.4 Å². The second-order valence-electron chi connectivity index (χ2n) is 7.14. The minimum Gasteiger partial charge on any atom is -0.382 e. The van der Waals surface area contributed by atoms with Crippen LogP contribution in [-0.4, -0.2) is 36.9 Å². The van der Waals surface area contributed by atoms with E-state index in [-0.39, 0.29) is 27.7 Å². The van der Waals surface area contributed by atoms with E-state index in [4.69, 9.17) is 10.6 Å². The molecule has 1 atom stereocenters. The quantitative estimate of drug-likeness (QED) is 0.482. The monoisotopic (exact) mass is 457 g/mol. The summed E-state index contributed by atoms with van der Waals surface area (Å²) < 4.78 is 40.6. The molecule has 4 N–H and O–H groups in total. The van der Waals surface area contributed by atoms with Crippen molar-refractivity contribution in [2.75, 3.05) is 12.3 Å². The van der Waals surface area contributed by atoms with Crippen LogP contribution in [0.3, 0.4) is 0 Å². The summed E-state index contributed by atoms with van der Waals surface area (Å²) in [6.45, 7) is 0.526. The molecule has 9 nitrogen and oxygen atoms in total. The van der Waals surface area contributed by atoms with Gasteiger partial charge in [-0.2, -0.15) is 0 Å². The first-order valence-corrected chi connectivity index (χ1v) is 11.3. The first-order chi connectivity index (χ1) is 15.3. The molecule has 11 heteroatoms. The SMILES string of the molecule is Nc1cnc(-c2ccc(-c3ccccc3S(=O)(=O)NOC3CCCNC3=O)cc2F)cn1. The van der Waals surface area contributed by atoms with Crippen molar-refractivity contribution < 1.29 is 22.4 Å². The van der Waals surface area contributed by atoms with Gasteiger partial charge in [0.15, 0.2) is 6.10 Å². The van der Waals surface area contributed by atoms with Gasteiger partial charge in [0.25, 0.3) is 15.9 Å². The van der Waals surface area contributed by atoms with Crippen LogP contribution in [-0.2, 0) is 19.7 Å². The summed E-state index contributed by atoms with van der Waals surface area (Å²) >= 11 is 0. The first-order valence-electron chi connectivity index (χ1n) is 9.77. The predicted molar refractivity (Wildman–Crippen MR) is 115 cm³/mol. The van der Waals surface area contributed by atoms with Crippen molar-refractivity contribution in [3.63, 3.8) is 0 Å². The van der Waals surface area contributed by atoms with E-state index in [2.05, 4.69) is 15.3 Å². The van der Waals surface area contributed by atoms with E-state index in [9.17, 15) is 17.6 Å². The van der Waals surface area contributed by atoms with Crippen LogP contribution in [0.2, 0.25) is 0 Å². The number of nitrogens with zero attached hydrogens (tertiary/aromatic N) is 2. The molecule has 2 heterocycles. The Labute approximate surface area is 183 Å². The van der Waals surface area contributed by atoms with Crippen LogP contribution in [0.5, 0.6) is 0 Å². The Hall–Kier alpha value is -3.41. The van der Waals surface area contributed by atoms with Gasteiger partial charge in [0.1, 0.15) is 11.6 Å². The lowest BCUT2D eigenvalue weighted by atomic mass is 10.0. The number of nitrogens with one attached hydrogen (secondary N) is 2. The minimum atomic E-state index is -4.15. The normalized spacial score (nSPS) is 16.5. The summed E-state index contributed by atoms with van der Waals surface area (Å²) in [6.07, 6.45) is 2.84. The fourth-order valence-electron chi connectivity index (χ4n) is 3.33. The molecule has 1 fully saturated rings. The Kier molecular flexibility index (Phi) is 6.12. The van der Waals surface area contributed by atoms with Crippen LogP contribution in [0.1, 0.15) is 12.8 Å². The smallest absolute Gasteiger partial charge is 0.263 e. The number of nitrogen functional groups attached to an aromatic ring is 1. The van der Waals surface area contributed by atoms with E-state index in [1.165, 1.54) is 30.6 Å². The van der Waals surface area contributed by atoms with Crippen molar-refractivity contribution >= 4 is 21.7 Å². The highest BCUT2D eigenvalue weighted by Gasteiger charge is 2.27. The maximum absolute atomic E-state index is 14.9. The number of piperidine rings is 1. The highest BCUT2D eigenvalue weighted by atomic mass is 32.2. The molecule has 4 rings (SSSR count). The van der Waals surface area contributed by atoms with Crippen LogP contribution in [0, 0.1) is 5.82 Å². The van der Waals surface area contributed by atoms with E-state index in [1.807, 2.05) is 4.89 Å². The van der Waals surface area contributed by atoms with E-state index in [0.717, 1.165) is 0 Å². The third-order valence-electron chi connectivity index (χ3n) is 4.94. The molecular weight excluding hydrogens is 437 g/mol. The molecule has 166 valence electrons. The number of anilines is 1. The third-order valence-corrected chi connectivity index (χ3v) is 6.19. The van der Waals surface area contributed by atoms with Crippen LogP contribution in [0.4, 0.5) is 10.2 Å². The summed E-state index contributed by atoms with van der Waals surface area (Å²) in [5, 5.41) is 2.62. The van der Waals surface area contributed by atoms with Gasteiger partial charge in [0, 0.05) is 17.7 Å². The average molecular weight is 457 g/mol. The lowest BCUT2D eigenvalue weighted by molar-refractivity contribution is -0.137. The largest absolute Gasteiger partial charge is 0.382 e. The summed E-state index contributed by atoms with van der Waals surface area (Å²) in [5.74, 6) is -0.766. The molecule has 0 radical (unpaired) electrons. The molecular formula is C21H20FN5O4S. The van der Waals surface area contributed by atoms with Gasteiger partial charge in [-0.1, -0.05) is 29.2 Å². The first kappa shape index (κ1) is 21.8. The zero-order chi connectivity index (χ0) is 22.7. The average Bonchev–Trinajstić information content (AvgIpc) is 2.79. The fraction of sp³-hybridized carbons (Fsp3) is 0.190. The molecule has 0 spiro atoms. The van der Waals surface area contributed by atoms with Gasteiger partial charge in [-0.05, 0) is 36.6 Å². The summed E-state index contributed by atoms with van der Waals surface area (Å²) in [7, 11) is -4.15. The van der Waals surface area contributed by atoms with Crippen LogP contribution >= 0.6 is 0 Å². The lowest BCUT2D eigenvalue weighted by Gasteiger charge is -2.22. The molecule has 0 bridgehead atoms. The zero-order valence-corrected chi connectivity index (χ0v) is 17.6. The number of amides is 1. The predicted octanol–water partition coefficient (Wildman–Crippen LogP) is 2.02. The molecule has 1 aliphatic rings. The molecule has 0 saturated carbocycles. The molecule has 1 aromatic heterocycles. The molecule has 1 amide bonds. The number of hydrogen-bond acceptors (Lipinski definition) is 7. The minimum absolute atomic E-state index is 0.115. The molecule has 0 aliphatic carbocycles. The number of carbonyl (C=O) groups is 1. The number of carbonyl (C=O) groups excluding carboxylic acids is 1. The van der Waals surface area contributed by atoms with Crippen molar-refractivity contribution in [1.29, 1.82) is 0 Å². The molecule has 1 saturated heterocycles. The van der Waals surface area contributed by atoms with Gasteiger partial charge in [-0.15, -0.1) is 0 Å². The van der Waals surface area contributed by atoms with Gasteiger partial charge in [-0.3, -0.25) is 14.6 Å². The summed E-state index contributed by atoms with van der Waals surface area (Å²) in [6, 6.07) is 10.4. The van der Waals surface area contributed by atoms with Crippen molar-refractivity contribution in [2.45, 2.75) is 23.8 Å². The standard InChI is InChI=1S/C21H20FN5O4S/c22-16-10-13(7-8-15(16)17-11-26-20(23)12-25-17)14-4-1-2-6-19(14)32(29,30)27-31-18-5-3-9-24-21(18)28/h1-2,4,6-8,10-12,18,27H,3,5,9H2,(H2,23,26)(H,24,28). The number of sulfonamides is 1. The summed E-state index contributed by atoms with van der Waals surface area (Å²) in [4.78, 5) is 26.9. The number of aromatic nitrogens is 2. The zero-order valence-electron chi connectivity index (χ0n) is 16.8. The molecule has 32 heavy (non-hydrogen) atoms. The van der Waals surface area contributed by atoms with E-state index >= 15 is 0 Å². The number of hydrogen-bond donors (Lipinski definition) is 3. The second kappa shape index (κ2) is 8.99. The fourth-order valence-corrected chi connectivity index (χ4v) is 4.40. The number of rotatable bonds is 6. The number of nitrogens with two attached hydrogens (primary N) is 1. The molecule has 1 unspecified atom stereocenters. The number of halogens is 1. The highest BCUT2D eigenvalue weighted by Crippen LogP contribution is 2.31. The van der Waals surface area contributed by atoms with Crippen LogP contribution < -0.4 is 15.9 Å². The van der Waals surface area contributed by atoms with Gasteiger partial charge in [0.05, 0.1) is 23.0 Å². The maximum Gasteiger partial charge on any atom is 0.263 e. The van der Waals surface area contributed by atoms with Crippen molar-refractivity contribution in [2.24, 2.45) is 0 Å². The Morgan fingerprint density at radius 2 is 1.94 bits per heavy atom. The Bertz CT molecular complexity index is 1250. The Morgan fingerprint density at radius 1 is 1.12 bits per heavy atom. The topological polar surface area (TPSA) is 136 Å². The number of benzene rings is 2. The van der Waals surface area contributed by atoms with Crippen molar-refractivity contribution in [1.82, 2.24) is 20.2 Å². The molecule has 3 aromatic rings. The third kappa shape index (κ3) is 4.59. The van der Waals surface area contributed by atoms with Gasteiger partial charge >= 0.3 is 0 Å². The molecule has 1 aliphatic heterocycles. The second-order valence-corrected chi connectivity index (χ2v) is 8.76. The Morgan fingerprint density at radius 3 is 2.66 bits per heavy atom. The van der Waals surface area contributed by atoms with E-state index in [1.54, 1.807) is 24.3 Å². The van der Waals surface area contributed by atoms with Crippen molar-refractivity contribution in [3.05, 3.63) is 60.7 Å². The molecule has 2 aromatic carbocycles. The lowest BCUT2D eigenvalue weighted by Crippen LogP contribution is -2.45. The van der Waals surface area contributed by atoms with Crippen molar-refractivity contribution in [3.8, 4) is 22.4 Å². The van der Waals surface area contributed by atoms with Gasteiger partial charge in [-0.25, -0.2) is 17.8 Å². The maximum atomic E-state index is 14.9. The summed E-state index contributed by atoms with van der Waals surface area (Å²) in [5.41, 5.74) is 6.62. The van der Waals surface area contributed by atoms with Crippen LogP contribution in [0.15, 0.2) is 59.8 Å². The Balaban J connectivity index is 1.62. The van der Waals surface area contributed by atoms with E-state index in [0.29, 0.717) is 30.6 Å².